The molecule has 4 aromatic rings. The molecule has 3 nitrogen and oxygen atoms in total. The highest BCUT2D eigenvalue weighted by Gasteiger charge is 2.34. The molecule has 7 heteroatoms. The lowest BCUT2D eigenvalue weighted by Crippen LogP contribution is -2.31. The first-order valence-corrected chi connectivity index (χ1v) is 14.3. The molecule has 0 amide bonds. The third-order valence-corrected chi connectivity index (χ3v) is 7.81. The molecule has 0 aliphatic rings. The first-order valence-electron chi connectivity index (χ1n) is 13.9. The summed E-state index contributed by atoms with van der Waals surface area (Å²) in [6, 6.07) is 31.8. The van der Waals surface area contributed by atoms with Crippen molar-refractivity contribution in [2.75, 3.05) is 19.7 Å². The van der Waals surface area contributed by atoms with Crippen LogP contribution in [0.2, 0.25) is 5.02 Å². The van der Waals surface area contributed by atoms with E-state index in [1.54, 1.807) is 6.07 Å². The first kappa shape index (κ1) is 31.2. The van der Waals surface area contributed by atoms with Crippen LogP contribution in [0.3, 0.4) is 0 Å². The van der Waals surface area contributed by atoms with Gasteiger partial charge in [0.2, 0.25) is 0 Å². The fraction of sp³-hybridized carbons (Fsp3) is 0.257. The van der Waals surface area contributed by atoms with Crippen molar-refractivity contribution in [3.05, 3.63) is 148 Å². The van der Waals surface area contributed by atoms with Crippen molar-refractivity contribution in [1.82, 2.24) is 4.90 Å². The maximum atomic E-state index is 13.6. The van der Waals surface area contributed by atoms with Crippen molar-refractivity contribution in [2.45, 2.75) is 37.9 Å². The fourth-order valence-corrected chi connectivity index (χ4v) is 5.27. The molecule has 4 aromatic carbocycles. The molecule has 0 fully saturated rings. The van der Waals surface area contributed by atoms with Gasteiger partial charge in [0, 0.05) is 31.5 Å². The molecule has 1 N–H and O–H groups in total. The van der Waals surface area contributed by atoms with Crippen LogP contribution in [0.5, 0.6) is 5.75 Å². The van der Waals surface area contributed by atoms with Crippen molar-refractivity contribution < 1.29 is 23.0 Å². The molecule has 0 saturated carbocycles. The molecule has 0 bridgehead atoms. The van der Waals surface area contributed by atoms with Gasteiger partial charge in [-0.1, -0.05) is 110 Å². The standard InChI is InChI=1S/C35H35ClF3NO2/c1-25(26(2)41)29-16-9-18-31(22-29)42-21-11-20-40(23-30-17-10-19-33(34(30)36)35(37,38)39)24-32(27-12-5-3-6-13-27)28-14-7-4-8-15-28/h3-10,12-19,22,25,32,41H,2,11,20-21,23-24H2,1H3. The largest absolute Gasteiger partial charge is 0.512 e. The highest BCUT2D eigenvalue weighted by Crippen LogP contribution is 2.37. The molecule has 220 valence electrons. The molecular formula is C35H35ClF3NO2. The quantitative estimate of drug-likeness (QED) is 0.124. The summed E-state index contributed by atoms with van der Waals surface area (Å²) in [4.78, 5) is 2.14. The summed E-state index contributed by atoms with van der Waals surface area (Å²) >= 11 is 6.32. The third kappa shape index (κ3) is 8.40. The van der Waals surface area contributed by atoms with E-state index in [-0.39, 0.29) is 29.2 Å². The van der Waals surface area contributed by atoms with Gasteiger partial charge in [-0.05, 0) is 46.9 Å². The lowest BCUT2D eigenvalue weighted by molar-refractivity contribution is -0.137. The molecule has 0 radical (unpaired) electrons. The van der Waals surface area contributed by atoms with Gasteiger partial charge in [0.15, 0.2) is 0 Å². The molecule has 4 rings (SSSR count). The smallest absolute Gasteiger partial charge is 0.417 e. The van der Waals surface area contributed by atoms with E-state index in [1.165, 1.54) is 6.07 Å². The molecule has 0 aromatic heterocycles. The van der Waals surface area contributed by atoms with Gasteiger partial charge in [-0.3, -0.25) is 4.90 Å². The van der Waals surface area contributed by atoms with Crippen LogP contribution in [-0.4, -0.2) is 29.7 Å². The normalized spacial score (nSPS) is 12.5. The average Bonchev–Trinajstić information content (AvgIpc) is 2.98. The Morgan fingerprint density at radius 3 is 2.07 bits per heavy atom. The lowest BCUT2D eigenvalue weighted by atomic mass is 9.90. The fourth-order valence-electron chi connectivity index (χ4n) is 4.97. The van der Waals surface area contributed by atoms with E-state index in [9.17, 15) is 18.3 Å². The summed E-state index contributed by atoms with van der Waals surface area (Å²) in [6.07, 6.45) is -3.89. The van der Waals surface area contributed by atoms with Crippen LogP contribution in [0.25, 0.3) is 0 Å². The van der Waals surface area contributed by atoms with E-state index in [2.05, 4.69) is 35.7 Å². The van der Waals surface area contributed by atoms with Crippen molar-refractivity contribution >= 4 is 11.6 Å². The zero-order valence-corrected chi connectivity index (χ0v) is 24.3. The Bertz CT molecular complexity index is 1400. The Labute approximate surface area is 250 Å². The number of hydrogen-bond acceptors (Lipinski definition) is 3. The second-order valence-electron chi connectivity index (χ2n) is 10.4. The number of ether oxygens (including phenoxy) is 1. The molecule has 0 spiro atoms. The maximum absolute atomic E-state index is 13.6. The van der Waals surface area contributed by atoms with Crippen molar-refractivity contribution in [3.8, 4) is 5.75 Å². The Balaban J connectivity index is 1.55. The topological polar surface area (TPSA) is 32.7 Å². The van der Waals surface area contributed by atoms with Crippen LogP contribution in [0.15, 0.2) is 115 Å². The first-order chi connectivity index (χ1) is 20.1. The van der Waals surface area contributed by atoms with E-state index < -0.39 is 11.7 Å². The number of benzene rings is 4. The summed E-state index contributed by atoms with van der Waals surface area (Å²) in [5, 5.41) is 9.50. The zero-order chi connectivity index (χ0) is 30.1. The summed E-state index contributed by atoms with van der Waals surface area (Å²) in [7, 11) is 0. The van der Waals surface area contributed by atoms with Crippen LogP contribution < -0.4 is 4.74 Å². The lowest BCUT2D eigenvalue weighted by Gasteiger charge is -2.29. The Hall–Kier alpha value is -3.74. The number of aliphatic hydroxyl groups excluding tert-OH is 1. The molecule has 0 aliphatic carbocycles. The summed E-state index contributed by atoms with van der Waals surface area (Å²) in [5.74, 6) is 0.554. The van der Waals surface area contributed by atoms with Crippen LogP contribution in [0, 0.1) is 0 Å². The summed E-state index contributed by atoms with van der Waals surface area (Å²) in [6.45, 7) is 7.30. The van der Waals surface area contributed by atoms with Gasteiger partial charge in [0.1, 0.15) is 5.75 Å². The van der Waals surface area contributed by atoms with Gasteiger partial charge in [0.25, 0.3) is 0 Å². The van der Waals surface area contributed by atoms with Crippen LogP contribution in [0.1, 0.15) is 53.0 Å². The molecule has 0 heterocycles. The van der Waals surface area contributed by atoms with Gasteiger partial charge in [-0.15, -0.1) is 0 Å². The molecule has 42 heavy (non-hydrogen) atoms. The number of alkyl halides is 3. The minimum atomic E-state index is -4.53. The van der Waals surface area contributed by atoms with Crippen molar-refractivity contribution in [3.63, 3.8) is 0 Å². The van der Waals surface area contributed by atoms with E-state index in [1.807, 2.05) is 67.6 Å². The molecule has 1 atom stereocenters. The molecule has 1 unspecified atom stereocenters. The molecular weight excluding hydrogens is 559 g/mol. The molecule has 0 aliphatic heterocycles. The van der Waals surface area contributed by atoms with Crippen molar-refractivity contribution in [2.24, 2.45) is 0 Å². The number of rotatable bonds is 13. The minimum absolute atomic E-state index is 0.00245. The molecule has 0 saturated heterocycles. The van der Waals surface area contributed by atoms with Gasteiger partial charge in [-0.2, -0.15) is 13.2 Å². The number of halogens is 4. The highest BCUT2D eigenvalue weighted by atomic mass is 35.5. The minimum Gasteiger partial charge on any atom is -0.512 e. The zero-order valence-electron chi connectivity index (χ0n) is 23.5. The maximum Gasteiger partial charge on any atom is 0.417 e. The number of nitrogens with zero attached hydrogens (tertiary/aromatic N) is 1. The predicted molar refractivity (Wildman–Crippen MR) is 163 cm³/mol. The highest BCUT2D eigenvalue weighted by molar-refractivity contribution is 6.32. The van der Waals surface area contributed by atoms with Gasteiger partial charge in [0.05, 0.1) is 23.0 Å². The number of allylic oxidation sites excluding steroid dienone is 1. The van der Waals surface area contributed by atoms with Gasteiger partial charge < -0.3 is 9.84 Å². The Morgan fingerprint density at radius 1 is 0.881 bits per heavy atom. The third-order valence-electron chi connectivity index (χ3n) is 7.37. The Morgan fingerprint density at radius 2 is 1.48 bits per heavy atom. The van der Waals surface area contributed by atoms with Crippen LogP contribution in [0.4, 0.5) is 13.2 Å². The van der Waals surface area contributed by atoms with E-state index in [0.29, 0.717) is 37.4 Å². The summed E-state index contributed by atoms with van der Waals surface area (Å²) < 4.78 is 46.9. The summed E-state index contributed by atoms with van der Waals surface area (Å²) in [5.41, 5.74) is 2.74. The van der Waals surface area contributed by atoms with Crippen LogP contribution >= 0.6 is 11.6 Å². The second kappa shape index (κ2) is 14.4. The van der Waals surface area contributed by atoms with E-state index >= 15 is 0 Å². The van der Waals surface area contributed by atoms with Crippen molar-refractivity contribution in [1.29, 1.82) is 0 Å². The SMILES string of the molecule is C=C(O)C(C)c1cccc(OCCCN(Cc2cccc(C(F)(F)F)c2Cl)CC(c2ccccc2)c2ccccc2)c1. The monoisotopic (exact) mass is 593 g/mol. The number of aliphatic hydroxyl groups is 1. The van der Waals surface area contributed by atoms with Gasteiger partial charge >= 0.3 is 6.18 Å². The van der Waals surface area contributed by atoms with E-state index in [0.717, 1.165) is 22.8 Å². The second-order valence-corrected chi connectivity index (χ2v) is 10.8. The van der Waals surface area contributed by atoms with Gasteiger partial charge in [-0.25, -0.2) is 0 Å². The van der Waals surface area contributed by atoms with Crippen LogP contribution in [-0.2, 0) is 12.7 Å². The van der Waals surface area contributed by atoms with E-state index in [4.69, 9.17) is 16.3 Å². The Kier molecular flexibility index (Phi) is 10.7. The average molecular weight is 594 g/mol. The number of hydrogen-bond donors (Lipinski definition) is 1. The predicted octanol–water partition coefficient (Wildman–Crippen LogP) is 9.64.